The Hall–Kier alpha value is -1.90. The van der Waals surface area contributed by atoms with Gasteiger partial charge in [-0.2, -0.15) is 0 Å². The van der Waals surface area contributed by atoms with E-state index in [1.54, 1.807) is 6.33 Å². The van der Waals surface area contributed by atoms with Crippen molar-refractivity contribution < 1.29 is 4.74 Å². The Morgan fingerprint density at radius 2 is 1.32 bits per heavy atom. The molecule has 0 aliphatic heterocycles. The minimum Gasteiger partial charge on any atom is -0.493 e. The van der Waals surface area contributed by atoms with Crippen LogP contribution in [-0.2, 0) is 6.42 Å². The summed E-state index contributed by atoms with van der Waals surface area (Å²) in [5, 5.41) is 0. The lowest BCUT2D eigenvalue weighted by Crippen LogP contribution is -2.01. The molecule has 0 radical (unpaired) electrons. The molecule has 1 aromatic carbocycles. The van der Waals surface area contributed by atoms with Gasteiger partial charge in [-0.05, 0) is 37.0 Å². The number of hydrogen-bond donors (Lipinski definition) is 0. The predicted molar refractivity (Wildman–Crippen MR) is 133 cm³/mol. The lowest BCUT2D eigenvalue weighted by atomic mass is 10.0. The molecule has 31 heavy (non-hydrogen) atoms. The summed E-state index contributed by atoms with van der Waals surface area (Å²) >= 11 is 0. The molecule has 3 heteroatoms. The molecule has 0 amide bonds. The molecule has 0 atom stereocenters. The summed E-state index contributed by atoms with van der Waals surface area (Å²) in [6.45, 7) is 5.32. The first-order valence-corrected chi connectivity index (χ1v) is 12.9. The average molecular weight is 425 g/mol. The first-order chi connectivity index (χ1) is 15.4. The highest BCUT2D eigenvalue weighted by atomic mass is 16.5. The summed E-state index contributed by atoms with van der Waals surface area (Å²) in [4.78, 5) is 8.94. The highest BCUT2D eigenvalue weighted by Gasteiger charge is 2.12. The van der Waals surface area contributed by atoms with Gasteiger partial charge in [-0.1, -0.05) is 103 Å². The van der Waals surface area contributed by atoms with Gasteiger partial charge < -0.3 is 4.74 Å². The molecule has 0 bridgehead atoms. The van der Waals surface area contributed by atoms with Gasteiger partial charge in [-0.15, -0.1) is 0 Å². The van der Waals surface area contributed by atoms with Gasteiger partial charge in [0.25, 0.3) is 0 Å². The number of hydrogen-bond acceptors (Lipinski definition) is 3. The average Bonchev–Trinajstić information content (AvgIpc) is 2.81. The number of unbranched alkanes of at least 4 members (excludes halogenated alkanes) is 12. The van der Waals surface area contributed by atoms with Crippen LogP contribution in [0.4, 0.5) is 0 Å². The molecule has 0 unspecified atom stereocenters. The van der Waals surface area contributed by atoms with Crippen molar-refractivity contribution in [3.05, 3.63) is 42.4 Å². The van der Waals surface area contributed by atoms with E-state index < -0.39 is 0 Å². The third-order valence-corrected chi connectivity index (χ3v) is 5.99. The molecule has 0 saturated carbocycles. The number of ether oxygens (including phenoxy) is 1. The van der Waals surface area contributed by atoms with Crippen molar-refractivity contribution in [3.63, 3.8) is 0 Å². The fourth-order valence-electron chi connectivity index (χ4n) is 4.09. The van der Waals surface area contributed by atoms with E-state index in [0.29, 0.717) is 0 Å². The van der Waals surface area contributed by atoms with Crippen molar-refractivity contribution >= 4 is 0 Å². The minimum absolute atomic E-state index is 0.782. The van der Waals surface area contributed by atoms with E-state index in [9.17, 15) is 0 Å². The quantitative estimate of drug-likeness (QED) is 0.225. The second kappa shape index (κ2) is 16.8. The van der Waals surface area contributed by atoms with Gasteiger partial charge in [-0.25, -0.2) is 9.97 Å². The first kappa shape index (κ1) is 25.4. The van der Waals surface area contributed by atoms with Crippen LogP contribution in [0.25, 0.3) is 11.3 Å². The molecule has 2 aromatic rings. The molecular formula is C28H44N2O. The first-order valence-electron chi connectivity index (χ1n) is 12.9. The molecule has 172 valence electrons. The van der Waals surface area contributed by atoms with E-state index in [1.165, 1.54) is 89.0 Å². The molecule has 1 heterocycles. The maximum Gasteiger partial charge on any atom is 0.128 e. The van der Waals surface area contributed by atoms with Crippen LogP contribution < -0.4 is 4.74 Å². The molecule has 1 aromatic heterocycles. The van der Waals surface area contributed by atoms with Crippen molar-refractivity contribution in [1.82, 2.24) is 9.97 Å². The van der Waals surface area contributed by atoms with Crippen LogP contribution in [-0.4, -0.2) is 16.6 Å². The molecule has 0 fully saturated rings. The predicted octanol–water partition coefficient (Wildman–Crippen LogP) is 8.57. The van der Waals surface area contributed by atoms with Crippen LogP contribution in [0.1, 0.15) is 109 Å². The van der Waals surface area contributed by atoms with E-state index in [0.717, 1.165) is 36.5 Å². The van der Waals surface area contributed by atoms with E-state index in [1.807, 2.05) is 6.20 Å². The van der Waals surface area contributed by atoms with Gasteiger partial charge >= 0.3 is 0 Å². The zero-order chi connectivity index (χ0) is 22.0. The molecule has 0 saturated heterocycles. The Labute approximate surface area is 191 Å². The normalized spacial score (nSPS) is 11.0. The lowest BCUT2D eigenvalue weighted by molar-refractivity contribution is 0.305. The van der Waals surface area contributed by atoms with Crippen LogP contribution in [0.5, 0.6) is 5.75 Å². The molecule has 0 aliphatic carbocycles. The molecule has 0 N–H and O–H groups in total. The number of rotatable bonds is 18. The van der Waals surface area contributed by atoms with Crippen LogP contribution in [0.15, 0.2) is 36.8 Å². The Morgan fingerprint density at radius 1 is 0.710 bits per heavy atom. The van der Waals surface area contributed by atoms with E-state index in [-0.39, 0.29) is 0 Å². The number of aromatic nitrogens is 2. The fourth-order valence-corrected chi connectivity index (χ4v) is 4.09. The molecule has 3 nitrogen and oxygen atoms in total. The Morgan fingerprint density at radius 3 is 2.03 bits per heavy atom. The molecule has 0 spiro atoms. The van der Waals surface area contributed by atoms with Crippen molar-refractivity contribution in [2.24, 2.45) is 0 Å². The van der Waals surface area contributed by atoms with Crippen molar-refractivity contribution in [1.29, 1.82) is 0 Å². The Bertz CT molecular complexity index is 701. The van der Waals surface area contributed by atoms with Gasteiger partial charge in [-0.3, -0.25) is 0 Å². The number of benzene rings is 1. The maximum atomic E-state index is 6.20. The van der Waals surface area contributed by atoms with E-state index in [4.69, 9.17) is 4.74 Å². The standard InChI is InChI=1S/C28H44N2O/c1-3-5-7-9-11-12-14-18-22-31-27-21-17-16-20-26(27)28-25(23-29-24-30-28)19-15-13-10-8-6-4-2/h16-17,20-21,23-24H,3-15,18-19,22H2,1-2H3. The summed E-state index contributed by atoms with van der Waals surface area (Å²) in [7, 11) is 0. The fraction of sp³-hybridized carbons (Fsp3) is 0.643. The monoisotopic (exact) mass is 424 g/mol. The highest BCUT2D eigenvalue weighted by Crippen LogP contribution is 2.31. The lowest BCUT2D eigenvalue weighted by Gasteiger charge is -2.13. The van der Waals surface area contributed by atoms with E-state index >= 15 is 0 Å². The largest absolute Gasteiger partial charge is 0.493 e. The molecule has 2 rings (SSSR count). The Kier molecular flexibility index (Phi) is 13.7. The zero-order valence-corrected chi connectivity index (χ0v) is 20.1. The van der Waals surface area contributed by atoms with Crippen molar-refractivity contribution in [2.45, 2.75) is 110 Å². The summed E-state index contributed by atoms with van der Waals surface area (Å²) in [5.74, 6) is 0.952. The van der Waals surface area contributed by atoms with Crippen LogP contribution >= 0.6 is 0 Å². The minimum atomic E-state index is 0.782. The van der Waals surface area contributed by atoms with Crippen molar-refractivity contribution in [2.75, 3.05) is 6.61 Å². The third kappa shape index (κ3) is 10.3. The second-order valence-corrected chi connectivity index (χ2v) is 8.73. The zero-order valence-electron chi connectivity index (χ0n) is 20.1. The van der Waals surface area contributed by atoms with Crippen molar-refractivity contribution in [3.8, 4) is 17.0 Å². The third-order valence-electron chi connectivity index (χ3n) is 5.99. The van der Waals surface area contributed by atoms with E-state index in [2.05, 4.69) is 48.1 Å². The molecular weight excluding hydrogens is 380 g/mol. The second-order valence-electron chi connectivity index (χ2n) is 8.73. The van der Waals surface area contributed by atoms with Crippen LogP contribution in [0.2, 0.25) is 0 Å². The van der Waals surface area contributed by atoms with Gasteiger partial charge in [0.15, 0.2) is 0 Å². The SMILES string of the molecule is CCCCCCCCCCOc1ccccc1-c1ncncc1CCCCCCCC. The Balaban J connectivity index is 1.83. The number of aryl methyl sites for hydroxylation is 1. The smallest absolute Gasteiger partial charge is 0.128 e. The van der Waals surface area contributed by atoms with Gasteiger partial charge in [0, 0.05) is 11.8 Å². The van der Waals surface area contributed by atoms with Gasteiger partial charge in [0.1, 0.15) is 12.1 Å². The summed E-state index contributed by atoms with van der Waals surface area (Å²) < 4.78 is 6.20. The number of para-hydroxylation sites is 1. The number of nitrogens with zero attached hydrogens (tertiary/aromatic N) is 2. The van der Waals surface area contributed by atoms with Crippen LogP contribution in [0.3, 0.4) is 0 Å². The topological polar surface area (TPSA) is 35.0 Å². The molecule has 0 aliphatic rings. The maximum absolute atomic E-state index is 6.20. The summed E-state index contributed by atoms with van der Waals surface area (Å²) in [6.07, 6.45) is 23.0. The highest BCUT2D eigenvalue weighted by molar-refractivity contribution is 5.69. The van der Waals surface area contributed by atoms with Crippen LogP contribution in [0, 0.1) is 0 Å². The van der Waals surface area contributed by atoms with Gasteiger partial charge in [0.05, 0.1) is 12.3 Å². The summed E-state index contributed by atoms with van der Waals surface area (Å²) in [6, 6.07) is 8.35. The summed E-state index contributed by atoms with van der Waals surface area (Å²) in [5.41, 5.74) is 3.38. The van der Waals surface area contributed by atoms with Gasteiger partial charge in [0.2, 0.25) is 0 Å².